The molecule has 0 bridgehead atoms. The Kier molecular flexibility index (Phi) is 5.53. The molecule has 1 aromatic rings. The summed E-state index contributed by atoms with van der Waals surface area (Å²) in [6.07, 6.45) is -0.966. The zero-order valence-electron chi connectivity index (χ0n) is 11.8. The number of methoxy groups -OCH3 is 1. The molecule has 0 saturated heterocycles. The van der Waals surface area contributed by atoms with Crippen LogP contribution in [-0.4, -0.2) is 43.3 Å². The molecule has 0 fully saturated rings. The first-order valence-electron chi connectivity index (χ1n) is 5.99. The number of hydrogen-bond donors (Lipinski definition) is 3. The molecule has 0 saturated carbocycles. The molecule has 1 unspecified atom stereocenters. The van der Waals surface area contributed by atoms with E-state index < -0.39 is 24.0 Å². The number of amides is 3. The minimum absolute atomic E-state index is 0.0293. The minimum atomic E-state index is -1.11. The summed E-state index contributed by atoms with van der Waals surface area (Å²) in [5.74, 6) is -1.37. The van der Waals surface area contributed by atoms with Crippen LogP contribution in [0, 0.1) is 0 Å². The molecule has 0 radical (unpaired) electrons. The average Bonchev–Trinajstić information content (AvgIpc) is 2.46. The molecular weight excluding hydrogens is 280 g/mol. The fraction of sp³-hybridized carbons (Fsp3) is 0.308. The topological polar surface area (TPSA) is 114 Å². The van der Waals surface area contributed by atoms with Crippen LogP contribution in [0.1, 0.15) is 17.3 Å². The second-order valence-electron chi connectivity index (χ2n) is 4.00. The molecule has 21 heavy (non-hydrogen) atoms. The highest BCUT2D eigenvalue weighted by Gasteiger charge is 2.19. The van der Waals surface area contributed by atoms with Gasteiger partial charge in [-0.1, -0.05) is 0 Å². The van der Waals surface area contributed by atoms with Gasteiger partial charge in [-0.2, -0.15) is 0 Å². The molecule has 114 valence electrons. The number of rotatable bonds is 5. The van der Waals surface area contributed by atoms with Gasteiger partial charge in [0.15, 0.2) is 17.6 Å². The van der Waals surface area contributed by atoms with E-state index in [1.807, 2.05) is 0 Å². The second kappa shape index (κ2) is 7.13. The van der Waals surface area contributed by atoms with Crippen LogP contribution in [0.15, 0.2) is 18.2 Å². The fourth-order valence-corrected chi connectivity index (χ4v) is 1.42. The van der Waals surface area contributed by atoms with Crippen molar-refractivity contribution in [3.63, 3.8) is 0 Å². The summed E-state index contributed by atoms with van der Waals surface area (Å²) >= 11 is 0. The van der Waals surface area contributed by atoms with Gasteiger partial charge in [-0.25, -0.2) is 9.59 Å². The highest BCUT2D eigenvalue weighted by molar-refractivity contribution is 5.96. The van der Waals surface area contributed by atoms with Gasteiger partial charge < -0.3 is 19.9 Å². The molecule has 3 N–H and O–H groups in total. The number of carbonyl (C=O) groups is 3. The molecular formula is C13H16N2O6. The van der Waals surface area contributed by atoms with E-state index in [1.165, 1.54) is 39.3 Å². The average molecular weight is 296 g/mol. The maximum Gasteiger partial charge on any atom is 0.335 e. The lowest BCUT2D eigenvalue weighted by Gasteiger charge is -2.16. The van der Waals surface area contributed by atoms with Gasteiger partial charge in [-0.3, -0.25) is 10.1 Å². The van der Waals surface area contributed by atoms with E-state index in [9.17, 15) is 14.4 Å². The third kappa shape index (κ3) is 4.37. The van der Waals surface area contributed by atoms with E-state index in [-0.39, 0.29) is 17.1 Å². The van der Waals surface area contributed by atoms with Gasteiger partial charge in [-0.15, -0.1) is 0 Å². The molecule has 0 heterocycles. The summed E-state index contributed by atoms with van der Waals surface area (Å²) in [5, 5.41) is 13.2. The van der Waals surface area contributed by atoms with Crippen LogP contribution in [0.3, 0.4) is 0 Å². The summed E-state index contributed by atoms with van der Waals surface area (Å²) in [6, 6.07) is 3.33. The number of imide groups is 1. The summed E-state index contributed by atoms with van der Waals surface area (Å²) in [6.45, 7) is 1.45. The van der Waals surface area contributed by atoms with Crippen molar-refractivity contribution in [3.05, 3.63) is 23.8 Å². The number of carboxylic acids is 1. The molecule has 1 atom stereocenters. The first kappa shape index (κ1) is 16.3. The molecule has 8 nitrogen and oxygen atoms in total. The fourth-order valence-electron chi connectivity index (χ4n) is 1.42. The number of carbonyl (C=O) groups excluding carboxylic acids is 2. The second-order valence-corrected chi connectivity index (χ2v) is 4.00. The first-order chi connectivity index (χ1) is 9.88. The SMILES string of the molecule is CNC(=O)NC(=O)C(C)Oc1ccc(C(=O)O)cc1OC. The number of carboxylic acid groups (broad SMARTS) is 1. The van der Waals surface area contributed by atoms with Crippen molar-refractivity contribution >= 4 is 17.9 Å². The van der Waals surface area contributed by atoms with Crippen LogP contribution in [0.5, 0.6) is 11.5 Å². The van der Waals surface area contributed by atoms with Crippen LogP contribution < -0.4 is 20.1 Å². The third-order valence-corrected chi connectivity index (χ3v) is 2.55. The van der Waals surface area contributed by atoms with Gasteiger partial charge in [0.05, 0.1) is 12.7 Å². The van der Waals surface area contributed by atoms with E-state index in [0.717, 1.165) is 0 Å². The Morgan fingerprint density at radius 1 is 1.24 bits per heavy atom. The lowest BCUT2D eigenvalue weighted by atomic mass is 10.2. The lowest BCUT2D eigenvalue weighted by molar-refractivity contribution is -0.126. The van der Waals surface area contributed by atoms with Crippen LogP contribution in [0.2, 0.25) is 0 Å². The number of aromatic carboxylic acids is 1. The number of urea groups is 1. The monoisotopic (exact) mass is 296 g/mol. The van der Waals surface area contributed by atoms with E-state index in [2.05, 4.69) is 10.6 Å². The van der Waals surface area contributed by atoms with E-state index in [0.29, 0.717) is 0 Å². The Hall–Kier alpha value is -2.77. The van der Waals surface area contributed by atoms with Crippen molar-refractivity contribution in [2.75, 3.05) is 14.2 Å². The van der Waals surface area contributed by atoms with Crippen molar-refractivity contribution < 1.29 is 29.0 Å². The standard InChI is InChI=1S/C13H16N2O6/c1-7(11(16)15-13(19)14-2)21-9-5-4-8(12(17)18)6-10(9)20-3/h4-7H,1-3H3,(H,17,18)(H2,14,15,16,19). The number of nitrogens with one attached hydrogen (secondary N) is 2. The van der Waals surface area contributed by atoms with E-state index in [4.69, 9.17) is 14.6 Å². The smallest absolute Gasteiger partial charge is 0.335 e. The molecule has 1 aromatic carbocycles. The van der Waals surface area contributed by atoms with Crippen LogP contribution in [0.25, 0.3) is 0 Å². The molecule has 0 aromatic heterocycles. The van der Waals surface area contributed by atoms with Gasteiger partial charge in [-0.05, 0) is 25.1 Å². The van der Waals surface area contributed by atoms with Gasteiger partial charge in [0, 0.05) is 7.05 Å². The predicted octanol–water partition coefficient (Wildman–Crippen LogP) is 0.616. The largest absolute Gasteiger partial charge is 0.493 e. The zero-order valence-corrected chi connectivity index (χ0v) is 11.8. The predicted molar refractivity (Wildman–Crippen MR) is 72.6 cm³/mol. The highest BCUT2D eigenvalue weighted by Crippen LogP contribution is 2.29. The van der Waals surface area contributed by atoms with Crippen LogP contribution in [0.4, 0.5) is 4.79 Å². The number of ether oxygens (including phenoxy) is 2. The summed E-state index contributed by atoms with van der Waals surface area (Å²) in [4.78, 5) is 33.6. The molecule has 0 aliphatic rings. The zero-order chi connectivity index (χ0) is 16.0. The maximum absolute atomic E-state index is 11.7. The van der Waals surface area contributed by atoms with Crippen molar-refractivity contribution in [2.24, 2.45) is 0 Å². The lowest BCUT2D eigenvalue weighted by Crippen LogP contribution is -2.44. The highest BCUT2D eigenvalue weighted by atomic mass is 16.5. The number of benzene rings is 1. The molecule has 3 amide bonds. The van der Waals surface area contributed by atoms with E-state index >= 15 is 0 Å². The summed E-state index contributed by atoms with van der Waals surface area (Å²) in [5.41, 5.74) is 0.0293. The number of hydrogen-bond acceptors (Lipinski definition) is 5. The summed E-state index contributed by atoms with van der Waals surface area (Å²) in [7, 11) is 2.73. The molecule has 0 spiro atoms. The third-order valence-electron chi connectivity index (χ3n) is 2.55. The minimum Gasteiger partial charge on any atom is -0.493 e. The quantitative estimate of drug-likeness (QED) is 0.733. The van der Waals surface area contributed by atoms with Crippen LogP contribution in [-0.2, 0) is 4.79 Å². The van der Waals surface area contributed by atoms with Gasteiger partial charge in [0.2, 0.25) is 0 Å². The van der Waals surface area contributed by atoms with E-state index in [1.54, 1.807) is 0 Å². The Morgan fingerprint density at radius 3 is 2.43 bits per heavy atom. The molecule has 1 rings (SSSR count). The van der Waals surface area contributed by atoms with Crippen LogP contribution >= 0.6 is 0 Å². The van der Waals surface area contributed by atoms with Crippen molar-refractivity contribution in [1.29, 1.82) is 0 Å². The van der Waals surface area contributed by atoms with Crippen molar-refractivity contribution in [3.8, 4) is 11.5 Å². The van der Waals surface area contributed by atoms with Gasteiger partial charge in [0.25, 0.3) is 5.91 Å². The Labute approximate surface area is 121 Å². The Balaban J connectivity index is 2.84. The molecule has 8 heteroatoms. The summed E-state index contributed by atoms with van der Waals surface area (Å²) < 4.78 is 10.4. The van der Waals surface area contributed by atoms with Crippen molar-refractivity contribution in [2.45, 2.75) is 13.0 Å². The Bertz CT molecular complexity index is 558. The molecule has 0 aliphatic carbocycles. The normalized spacial score (nSPS) is 11.2. The Morgan fingerprint density at radius 2 is 1.90 bits per heavy atom. The van der Waals surface area contributed by atoms with Gasteiger partial charge in [0.1, 0.15) is 0 Å². The van der Waals surface area contributed by atoms with Crippen molar-refractivity contribution in [1.82, 2.24) is 10.6 Å². The molecule has 0 aliphatic heterocycles. The van der Waals surface area contributed by atoms with Gasteiger partial charge >= 0.3 is 12.0 Å². The maximum atomic E-state index is 11.7. The first-order valence-corrected chi connectivity index (χ1v) is 5.99.